The number of cyclic esters (lactones) is 1. The van der Waals surface area contributed by atoms with E-state index in [1.54, 1.807) is 6.26 Å². The van der Waals surface area contributed by atoms with Crippen LogP contribution >= 0.6 is 0 Å². The van der Waals surface area contributed by atoms with Crippen LogP contribution in [0.1, 0.15) is 127 Å². The number of ether oxygens (including phenoxy) is 4. The van der Waals surface area contributed by atoms with Crippen molar-refractivity contribution in [3.63, 3.8) is 0 Å². The minimum atomic E-state index is -1.54. The third-order valence-corrected chi connectivity index (χ3v) is 23.5. The molecular weight excluding hydrogens is 937 g/mol. The second kappa shape index (κ2) is 17.2. The number of furan rings is 1. The maximum atomic E-state index is 16.5. The number of epoxide rings is 1. The summed E-state index contributed by atoms with van der Waals surface area (Å²) in [5.41, 5.74) is -5.28. The lowest BCUT2D eigenvalue weighted by atomic mass is 9.31. The predicted molar refractivity (Wildman–Crippen MR) is 269 cm³/mol. The molecule has 0 amide bonds. The van der Waals surface area contributed by atoms with Gasteiger partial charge in [-0.15, -0.1) is 0 Å². The number of hydrogen-bond donors (Lipinski definition) is 4. The van der Waals surface area contributed by atoms with Gasteiger partial charge in [0.2, 0.25) is 0 Å². The van der Waals surface area contributed by atoms with E-state index in [4.69, 9.17) is 23.4 Å². The lowest BCUT2D eigenvalue weighted by Crippen LogP contribution is -2.81. The fraction of sp³-hybridized carbons (Fsp3) is 0.721. The Morgan fingerprint density at radius 2 is 1.80 bits per heavy atom. The molecule has 1 aromatic heterocycles. The molecule has 2 aromatic rings. The first-order chi connectivity index (χ1) is 35.8. The van der Waals surface area contributed by atoms with Crippen LogP contribution in [0.15, 0.2) is 59.4 Å². The summed E-state index contributed by atoms with van der Waals surface area (Å²) in [4.78, 5) is 48.0. The van der Waals surface area contributed by atoms with Gasteiger partial charge >= 0.3 is 11.9 Å². The summed E-state index contributed by atoms with van der Waals surface area (Å²) >= 11 is 0. The molecule has 6 aliphatic carbocycles. The lowest BCUT2D eigenvalue weighted by molar-refractivity contribution is -0.295. The Bertz CT molecular complexity index is 2670. The molecule has 13 heteroatoms. The number of nitrogens with one attached hydrogen (secondary N) is 1. The Morgan fingerprint density at radius 3 is 2.62 bits per heavy atom. The largest absolute Gasteiger partial charge is 0.469 e. The van der Waals surface area contributed by atoms with Gasteiger partial charge in [0.05, 0.1) is 56.1 Å². The molecule has 20 unspecified atom stereocenters. The number of esters is 2. The van der Waals surface area contributed by atoms with Crippen LogP contribution in [0.4, 0.5) is 0 Å². The monoisotopic (exact) mass is 1010 g/mol. The first-order valence-corrected chi connectivity index (χ1v) is 28.8. The van der Waals surface area contributed by atoms with E-state index in [-0.39, 0.29) is 66.7 Å². The summed E-state index contributed by atoms with van der Waals surface area (Å²) < 4.78 is 34.8. The minimum absolute atomic E-state index is 0.00667. The maximum absolute atomic E-state index is 16.5. The van der Waals surface area contributed by atoms with E-state index in [1.807, 2.05) is 12.1 Å². The van der Waals surface area contributed by atoms with Crippen molar-refractivity contribution in [2.45, 2.75) is 170 Å². The molecule has 3 spiro atoms. The number of carbonyl (C=O) groups excluding carboxylic acids is 3. The van der Waals surface area contributed by atoms with Crippen LogP contribution in [-0.2, 0) is 51.8 Å². The van der Waals surface area contributed by atoms with Crippen molar-refractivity contribution in [3.8, 4) is 11.8 Å². The van der Waals surface area contributed by atoms with Crippen LogP contribution < -0.4 is 5.32 Å². The van der Waals surface area contributed by atoms with Gasteiger partial charge in [0.15, 0.2) is 17.5 Å². The Balaban J connectivity index is 0.919. The standard InChI is InChI=1S/C61H76N2O11/c1-56-23-19-48-58-33-71-50(66)30-49(58)72-57(2,40-13-7-4-8-14-40)52(58)51(67)53(68)60(48)44-27-36(26-35-10-5-3-6-11-35)15-16-37(44)12-9-22-59(56,74-55(69)54-61(56,60)73-54)43-21-25-70-47(43)29-42(46(65)32-64)38-17-18-41-39(28-38)20-24-63-34-62-31-45(41)63/h3,5-6,10-11,20-21,24-25,36-42,44-46,48-49,52-54,62,64-65,68H,4,7-8,13-19,22-23,26-34H2,1-2H3. The van der Waals surface area contributed by atoms with E-state index in [0.29, 0.717) is 54.9 Å². The van der Waals surface area contributed by atoms with Gasteiger partial charge in [-0.05, 0) is 143 Å². The van der Waals surface area contributed by atoms with Crippen molar-refractivity contribution in [1.82, 2.24) is 10.2 Å². The van der Waals surface area contributed by atoms with Gasteiger partial charge in [0, 0.05) is 46.7 Å². The highest BCUT2D eigenvalue weighted by Gasteiger charge is 2.95. The Morgan fingerprint density at radius 1 is 0.959 bits per heavy atom. The number of hydrogen-bond acceptors (Lipinski definition) is 13. The molecule has 4 N–H and O–H groups in total. The second-order valence-electron chi connectivity index (χ2n) is 26.1. The van der Waals surface area contributed by atoms with Crippen molar-refractivity contribution < 1.29 is 53.1 Å². The molecule has 4 bridgehead atoms. The average molecular weight is 1010 g/mol. The second-order valence-corrected chi connectivity index (χ2v) is 26.1. The van der Waals surface area contributed by atoms with Gasteiger partial charge in [-0.1, -0.05) is 74.4 Å². The van der Waals surface area contributed by atoms with Crippen molar-refractivity contribution in [3.05, 3.63) is 71.8 Å². The van der Waals surface area contributed by atoms with Crippen molar-refractivity contribution in [2.24, 2.45) is 75.4 Å². The van der Waals surface area contributed by atoms with Crippen LogP contribution in [0.2, 0.25) is 0 Å². The zero-order valence-corrected chi connectivity index (χ0v) is 43.3. The fourth-order valence-corrected chi connectivity index (χ4v) is 20.5. The highest BCUT2D eigenvalue weighted by Crippen LogP contribution is 2.84. The first-order valence-electron chi connectivity index (χ1n) is 28.8. The summed E-state index contributed by atoms with van der Waals surface area (Å²) in [6.07, 6.45) is 14.5. The summed E-state index contributed by atoms with van der Waals surface area (Å²) in [6.45, 7) is 5.72. The average Bonchev–Trinajstić information content (AvgIpc) is 3.83. The molecule has 396 valence electrons. The zero-order chi connectivity index (χ0) is 50.6. The molecule has 5 saturated heterocycles. The van der Waals surface area contributed by atoms with Gasteiger partial charge in [0.1, 0.15) is 24.1 Å². The van der Waals surface area contributed by atoms with E-state index in [0.717, 1.165) is 83.8 Å². The molecule has 20 atom stereocenters. The van der Waals surface area contributed by atoms with Crippen LogP contribution in [0.5, 0.6) is 0 Å². The minimum Gasteiger partial charge on any atom is -0.469 e. The van der Waals surface area contributed by atoms with Gasteiger partial charge in [-0.2, -0.15) is 0 Å². The van der Waals surface area contributed by atoms with Gasteiger partial charge in [-0.3, -0.25) is 14.9 Å². The topological polar surface area (TPSA) is 181 Å². The van der Waals surface area contributed by atoms with Crippen LogP contribution in [-0.4, -0.2) is 106 Å². The third kappa shape index (κ3) is 6.30. The van der Waals surface area contributed by atoms with E-state index in [1.165, 1.54) is 5.56 Å². The molecule has 6 aliphatic heterocycles. The van der Waals surface area contributed by atoms with Crippen LogP contribution in [0.25, 0.3) is 0 Å². The van der Waals surface area contributed by atoms with E-state index in [9.17, 15) is 20.1 Å². The van der Waals surface area contributed by atoms with Gasteiger partial charge in [0.25, 0.3) is 0 Å². The summed E-state index contributed by atoms with van der Waals surface area (Å²) in [5.74, 6) is 6.06. The number of fused-ring (bicyclic) bond motifs is 4. The molecule has 74 heavy (non-hydrogen) atoms. The number of ketones is 1. The molecule has 0 radical (unpaired) electrons. The summed E-state index contributed by atoms with van der Waals surface area (Å²) in [5, 5.41) is 40.2. The molecule has 12 aliphatic rings. The van der Waals surface area contributed by atoms with E-state index in [2.05, 4.69) is 72.4 Å². The number of rotatable bonds is 9. The molecule has 7 heterocycles. The van der Waals surface area contributed by atoms with Gasteiger partial charge in [-0.25, -0.2) is 4.79 Å². The molecule has 14 rings (SSSR count). The first kappa shape index (κ1) is 48.3. The molecule has 5 saturated carbocycles. The van der Waals surface area contributed by atoms with Crippen molar-refractivity contribution >= 4 is 17.7 Å². The molecule has 10 fully saturated rings. The number of allylic oxidation sites excluding steroid dienone is 1. The number of Topliss-reactive ketones (excluding diaryl/α,β-unsaturated/α-hetero) is 1. The van der Waals surface area contributed by atoms with E-state index >= 15 is 9.59 Å². The number of aliphatic hydroxyl groups is 3. The maximum Gasteiger partial charge on any atom is 0.339 e. The molecule has 13 nitrogen and oxygen atoms in total. The number of aliphatic hydroxyl groups excluding tert-OH is 3. The Kier molecular flexibility index (Phi) is 11.3. The highest BCUT2D eigenvalue weighted by atomic mass is 16.7. The van der Waals surface area contributed by atoms with Gasteiger partial charge < -0.3 is 43.6 Å². The lowest BCUT2D eigenvalue weighted by Gasteiger charge is -2.71. The molecular formula is C61H76N2O11. The smallest absolute Gasteiger partial charge is 0.339 e. The van der Waals surface area contributed by atoms with Crippen LogP contribution in [0.3, 0.4) is 0 Å². The summed E-state index contributed by atoms with van der Waals surface area (Å²) in [7, 11) is 0. The fourth-order valence-electron chi connectivity index (χ4n) is 20.5. The number of benzene rings is 1. The molecule has 1 aromatic carbocycles. The highest BCUT2D eigenvalue weighted by molar-refractivity contribution is 5.92. The number of nitrogens with zero attached hydrogens (tertiary/aromatic N) is 1. The SMILES string of the molecule is CC1(C2CCCCC2)OC2CC(=O)OCC23C1C(=O)C(O)C12C4CC(Cc5ccccc5)CCC4C#CCC4(c5ccoc5CC(C(O)CO)C5CCC6C(C=CN7CNCC67)C5)OC(=O)C5OC51C4(C)CCC32. The van der Waals surface area contributed by atoms with E-state index < -0.39 is 81.9 Å². The van der Waals surface area contributed by atoms with Crippen molar-refractivity contribution in [1.29, 1.82) is 0 Å². The number of carbonyl (C=O) groups is 3. The predicted octanol–water partition coefficient (Wildman–Crippen LogP) is 6.79. The third-order valence-electron chi connectivity index (χ3n) is 23.5. The normalized spacial score (nSPS) is 47.5. The quantitative estimate of drug-likeness (QED) is 0.117. The Labute approximate surface area is 435 Å². The van der Waals surface area contributed by atoms with Crippen LogP contribution in [0, 0.1) is 87.3 Å². The zero-order valence-electron chi connectivity index (χ0n) is 43.3. The van der Waals surface area contributed by atoms with Crippen molar-refractivity contribution in [2.75, 3.05) is 26.4 Å². The summed E-state index contributed by atoms with van der Waals surface area (Å²) in [6, 6.07) is 12.9. The Hall–Kier alpha value is -4.03.